The molecule has 1 saturated heterocycles. The number of hydrogen-bond acceptors (Lipinski definition) is 6. The Morgan fingerprint density at radius 3 is 2.52 bits per heavy atom. The summed E-state index contributed by atoms with van der Waals surface area (Å²) in [7, 11) is 1.35. The maximum Gasteiger partial charge on any atom is 0.358 e. The third kappa shape index (κ3) is 2.80. The molecule has 3 aliphatic rings. The topological polar surface area (TPSA) is 58.6 Å². The Morgan fingerprint density at radius 2 is 1.96 bits per heavy atom. The summed E-state index contributed by atoms with van der Waals surface area (Å²) in [6.45, 7) is 4.18. The first-order valence-electron chi connectivity index (χ1n) is 8.65. The Labute approximate surface area is 136 Å². The molecule has 0 amide bonds. The molecule has 0 radical (unpaired) electrons. The summed E-state index contributed by atoms with van der Waals surface area (Å²) < 4.78 is 4.66. The van der Waals surface area contributed by atoms with E-state index < -0.39 is 5.97 Å². The maximum absolute atomic E-state index is 11.4. The Kier molecular flexibility index (Phi) is 3.93. The van der Waals surface area contributed by atoms with Crippen molar-refractivity contribution in [2.24, 2.45) is 11.8 Å². The second-order valence-electron chi connectivity index (χ2n) is 7.03. The molecule has 2 bridgehead atoms. The lowest BCUT2D eigenvalue weighted by Gasteiger charge is -2.41. The number of nitrogens with zero attached hydrogens (tertiary/aromatic N) is 4. The van der Waals surface area contributed by atoms with Gasteiger partial charge in [-0.2, -0.15) is 0 Å². The van der Waals surface area contributed by atoms with Crippen LogP contribution in [-0.4, -0.2) is 60.4 Å². The van der Waals surface area contributed by atoms with Gasteiger partial charge in [-0.15, -0.1) is 10.2 Å². The fourth-order valence-electron chi connectivity index (χ4n) is 4.65. The highest BCUT2D eigenvalue weighted by Gasteiger charge is 2.42. The van der Waals surface area contributed by atoms with Crippen molar-refractivity contribution in [1.82, 2.24) is 15.1 Å². The zero-order chi connectivity index (χ0) is 15.8. The number of anilines is 1. The van der Waals surface area contributed by atoms with Crippen molar-refractivity contribution >= 4 is 11.8 Å². The molecule has 0 spiro atoms. The molecule has 6 heteroatoms. The van der Waals surface area contributed by atoms with Gasteiger partial charge in [0.15, 0.2) is 11.5 Å². The number of methoxy groups -OCH3 is 1. The highest BCUT2D eigenvalue weighted by molar-refractivity contribution is 5.86. The highest BCUT2D eigenvalue weighted by atomic mass is 16.5. The molecular weight excluding hydrogens is 292 g/mol. The molecule has 124 valence electrons. The number of esters is 1. The van der Waals surface area contributed by atoms with Gasteiger partial charge in [0.1, 0.15) is 0 Å². The predicted octanol–water partition coefficient (Wildman–Crippen LogP) is 1.57. The third-order valence-corrected chi connectivity index (χ3v) is 5.85. The van der Waals surface area contributed by atoms with Crippen LogP contribution in [0.2, 0.25) is 0 Å². The molecule has 1 aromatic heterocycles. The van der Waals surface area contributed by atoms with Crippen molar-refractivity contribution in [3.05, 3.63) is 17.8 Å². The number of carbonyl (C=O) groups is 1. The van der Waals surface area contributed by atoms with Crippen molar-refractivity contribution in [3.8, 4) is 0 Å². The Hall–Kier alpha value is -1.69. The van der Waals surface area contributed by atoms with E-state index in [0.29, 0.717) is 0 Å². The minimum Gasteiger partial charge on any atom is -0.464 e. The molecule has 6 nitrogen and oxygen atoms in total. The molecule has 2 saturated carbocycles. The zero-order valence-electron chi connectivity index (χ0n) is 13.6. The van der Waals surface area contributed by atoms with Crippen LogP contribution in [0.15, 0.2) is 12.1 Å². The van der Waals surface area contributed by atoms with Crippen molar-refractivity contribution in [3.63, 3.8) is 0 Å². The van der Waals surface area contributed by atoms with Gasteiger partial charge < -0.3 is 9.64 Å². The van der Waals surface area contributed by atoms with E-state index in [0.717, 1.165) is 49.9 Å². The van der Waals surface area contributed by atoms with Gasteiger partial charge in [-0.1, -0.05) is 6.42 Å². The number of aromatic nitrogens is 2. The van der Waals surface area contributed by atoms with E-state index in [9.17, 15) is 4.79 Å². The predicted molar refractivity (Wildman–Crippen MR) is 86.4 cm³/mol. The first-order valence-corrected chi connectivity index (χ1v) is 8.65. The highest BCUT2D eigenvalue weighted by Crippen LogP contribution is 2.46. The fraction of sp³-hybridized carbons (Fsp3) is 0.706. The number of hydrogen-bond donors (Lipinski definition) is 0. The number of piperazine rings is 1. The number of rotatable bonds is 3. The van der Waals surface area contributed by atoms with Crippen LogP contribution >= 0.6 is 0 Å². The molecule has 0 aromatic carbocycles. The SMILES string of the molecule is COC(=O)c1ccc(N2CCN([C@H]3C[C@H]4CC[C@H]3C4)CC2)nn1. The molecule has 2 aliphatic carbocycles. The van der Waals surface area contributed by atoms with Crippen molar-refractivity contribution in [1.29, 1.82) is 0 Å². The van der Waals surface area contributed by atoms with Crippen molar-refractivity contribution in [2.45, 2.75) is 31.7 Å². The summed E-state index contributed by atoms with van der Waals surface area (Å²) in [6, 6.07) is 4.38. The zero-order valence-corrected chi connectivity index (χ0v) is 13.6. The third-order valence-electron chi connectivity index (χ3n) is 5.85. The van der Waals surface area contributed by atoms with Gasteiger partial charge in [0, 0.05) is 32.2 Å². The Balaban J connectivity index is 1.35. The first-order chi connectivity index (χ1) is 11.2. The van der Waals surface area contributed by atoms with Crippen LogP contribution in [0.25, 0.3) is 0 Å². The molecule has 4 rings (SSSR count). The minimum atomic E-state index is -0.440. The molecule has 2 heterocycles. The molecule has 3 fully saturated rings. The second-order valence-corrected chi connectivity index (χ2v) is 7.03. The van der Waals surface area contributed by atoms with Gasteiger partial charge in [0.25, 0.3) is 0 Å². The van der Waals surface area contributed by atoms with E-state index in [1.807, 2.05) is 6.07 Å². The van der Waals surface area contributed by atoms with Gasteiger partial charge in [0.05, 0.1) is 7.11 Å². The van der Waals surface area contributed by atoms with Gasteiger partial charge >= 0.3 is 5.97 Å². The molecule has 1 aromatic rings. The van der Waals surface area contributed by atoms with E-state index >= 15 is 0 Å². The number of fused-ring (bicyclic) bond motifs is 2. The Bertz CT molecular complexity index is 568. The van der Waals surface area contributed by atoms with E-state index in [-0.39, 0.29) is 5.69 Å². The summed E-state index contributed by atoms with van der Waals surface area (Å²) >= 11 is 0. The minimum absolute atomic E-state index is 0.261. The van der Waals surface area contributed by atoms with E-state index in [2.05, 4.69) is 24.7 Å². The molecular formula is C17H24N4O2. The van der Waals surface area contributed by atoms with Crippen LogP contribution < -0.4 is 4.90 Å². The van der Waals surface area contributed by atoms with E-state index in [1.54, 1.807) is 6.07 Å². The quantitative estimate of drug-likeness (QED) is 0.789. The van der Waals surface area contributed by atoms with E-state index in [1.165, 1.54) is 32.8 Å². The summed E-state index contributed by atoms with van der Waals surface area (Å²) in [5.74, 6) is 2.36. The van der Waals surface area contributed by atoms with Crippen LogP contribution in [-0.2, 0) is 4.74 Å². The first kappa shape index (κ1) is 14.9. The molecule has 0 unspecified atom stereocenters. The lowest BCUT2D eigenvalue weighted by molar-refractivity contribution is 0.0592. The van der Waals surface area contributed by atoms with Crippen LogP contribution in [0.1, 0.15) is 36.2 Å². The average molecular weight is 316 g/mol. The van der Waals surface area contributed by atoms with Crippen LogP contribution in [0.5, 0.6) is 0 Å². The largest absolute Gasteiger partial charge is 0.464 e. The summed E-state index contributed by atoms with van der Waals surface area (Å²) in [6.07, 6.45) is 5.78. The van der Waals surface area contributed by atoms with Crippen molar-refractivity contribution < 1.29 is 9.53 Å². The van der Waals surface area contributed by atoms with Crippen molar-refractivity contribution in [2.75, 3.05) is 38.2 Å². The van der Waals surface area contributed by atoms with Crippen LogP contribution in [0.3, 0.4) is 0 Å². The smallest absolute Gasteiger partial charge is 0.358 e. The standard InChI is InChI=1S/C17H24N4O2/c1-23-17(22)14-4-5-16(19-18-14)21-8-6-20(7-9-21)15-11-12-2-3-13(15)10-12/h4-5,12-13,15H,2-3,6-11H2,1H3/t12-,13-,15-/m0/s1. The lowest BCUT2D eigenvalue weighted by atomic mass is 9.93. The van der Waals surface area contributed by atoms with Crippen LogP contribution in [0, 0.1) is 11.8 Å². The normalized spacial score (nSPS) is 30.7. The monoisotopic (exact) mass is 316 g/mol. The van der Waals surface area contributed by atoms with Gasteiger partial charge in [0.2, 0.25) is 0 Å². The molecule has 23 heavy (non-hydrogen) atoms. The van der Waals surface area contributed by atoms with Gasteiger partial charge in [-0.3, -0.25) is 4.90 Å². The fourth-order valence-corrected chi connectivity index (χ4v) is 4.65. The maximum atomic E-state index is 11.4. The summed E-state index contributed by atoms with van der Waals surface area (Å²) in [5.41, 5.74) is 0.261. The van der Waals surface area contributed by atoms with Gasteiger partial charge in [-0.05, 0) is 43.2 Å². The summed E-state index contributed by atoms with van der Waals surface area (Å²) in [4.78, 5) is 16.4. The molecule has 0 N–H and O–H groups in total. The number of carbonyl (C=O) groups excluding carboxylic acids is 1. The second kappa shape index (κ2) is 6.07. The van der Waals surface area contributed by atoms with Crippen LogP contribution in [0.4, 0.5) is 5.82 Å². The lowest BCUT2D eigenvalue weighted by Crippen LogP contribution is -2.52. The van der Waals surface area contributed by atoms with Gasteiger partial charge in [-0.25, -0.2) is 4.79 Å². The summed E-state index contributed by atoms with van der Waals surface area (Å²) in [5, 5.41) is 8.16. The number of ether oxygens (including phenoxy) is 1. The molecule has 3 atom stereocenters. The molecule has 1 aliphatic heterocycles. The average Bonchev–Trinajstić information content (AvgIpc) is 3.25. The van der Waals surface area contributed by atoms with E-state index in [4.69, 9.17) is 0 Å². The Morgan fingerprint density at radius 1 is 1.13 bits per heavy atom.